The molecule has 1 aromatic rings. The van der Waals surface area contributed by atoms with Crippen LogP contribution in [0.25, 0.3) is 0 Å². The monoisotopic (exact) mass is 262 g/mol. The first kappa shape index (κ1) is 13.9. The van der Waals surface area contributed by atoms with Crippen LogP contribution in [-0.4, -0.2) is 31.6 Å². The first-order chi connectivity index (χ1) is 9.19. The van der Waals surface area contributed by atoms with Gasteiger partial charge >= 0.3 is 0 Å². The highest BCUT2D eigenvalue weighted by molar-refractivity contribution is 5.78. The molecule has 1 fully saturated rings. The van der Waals surface area contributed by atoms with Crippen molar-refractivity contribution < 1.29 is 9.53 Å². The minimum atomic E-state index is 0.171. The molecule has 1 aliphatic rings. The van der Waals surface area contributed by atoms with Crippen molar-refractivity contribution in [3.63, 3.8) is 0 Å². The molecule has 2 unspecified atom stereocenters. The van der Waals surface area contributed by atoms with Gasteiger partial charge in [-0.1, -0.05) is 18.2 Å². The van der Waals surface area contributed by atoms with Crippen LogP contribution in [0.15, 0.2) is 24.3 Å². The van der Waals surface area contributed by atoms with Crippen molar-refractivity contribution in [3.05, 3.63) is 29.8 Å². The van der Waals surface area contributed by atoms with Crippen LogP contribution in [0.2, 0.25) is 0 Å². The second-order valence-electron chi connectivity index (χ2n) is 5.13. The molecule has 104 valence electrons. The van der Waals surface area contributed by atoms with Crippen LogP contribution in [0.4, 0.5) is 0 Å². The number of methoxy groups -OCH3 is 1. The zero-order valence-electron chi connectivity index (χ0n) is 11.6. The summed E-state index contributed by atoms with van der Waals surface area (Å²) in [6, 6.07) is 8.73. The third-order valence-corrected chi connectivity index (χ3v) is 3.52. The largest absolute Gasteiger partial charge is 0.496 e. The molecule has 2 atom stereocenters. The quantitative estimate of drug-likeness (QED) is 0.816. The maximum atomic E-state index is 11.1. The van der Waals surface area contributed by atoms with Crippen molar-refractivity contribution in [1.82, 2.24) is 10.6 Å². The standard InChI is InChI=1S/C15H22N2O2/c1-11(16-10-13-7-8-15(18)17-13)9-12-5-3-4-6-14(12)19-2/h3-6,11,13,16H,7-10H2,1-2H3,(H,17,18). The summed E-state index contributed by atoms with van der Waals surface area (Å²) in [6.45, 7) is 2.99. The van der Waals surface area contributed by atoms with Crippen molar-refractivity contribution in [2.24, 2.45) is 0 Å². The summed E-state index contributed by atoms with van der Waals surface area (Å²) in [5.41, 5.74) is 1.21. The van der Waals surface area contributed by atoms with Gasteiger partial charge in [0.15, 0.2) is 0 Å². The number of carbonyl (C=O) groups is 1. The predicted molar refractivity (Wildman–Crippen MR) is 75.3 cm³/mol. The maximum Gasteiger partial charge on any atom is 0.220 e. The van der Waals surface area contributed by atoms with Gasteiger partial charge in [0.05, 0.1) is 7.11 Å². The van der Waals surface area contributed by atoms with E-state index in [2.05, 4.69) is 23.6 Å². The summed E-state index contributed by atoms with van der Waals surface area (Å²) in [5, 5.41) is 6.44. The number of carbonyl (C=O) groups excluding carboxylic acids is 1. The van der Waals surface area contributed by atoms with E-state index in [-0.39, 0.29) is 11.9 Å². The fourth-order valence-corrected chi connectivity index (χ4v) is 2.45. The number of nitrogens with one attached hydrogen (secondary N) is 2. The van der Waals surface area contributed by atoms with Gasteiger partial charge in [0.25, 0.3) is 0 Å². The van der Waals surface area contributed by atoms with Crippen molar-refractivity contribution in [3.8, 4) is 5.75 Å². The lowest BCUT2D eigenvalue weighted by atomic mass is 10.1. The number of rotatable bonds is 6. The first-order valence-corrected chi connectivity index (χ1v) is 6.83. The summed E-state index contributed by atoms with van der Waals surface area (Å²) in [5.74, 6) is 1.11. The van der Waals surface area contributed by atoms with Crippen molar-refractivity contribution in [1.29, 1.82) is 0 Å². The Labute approximate surface area is 114 Å². The van der Waals surface area contributed by atoms with Crippen LogP contribution in [0.1, 0.15) is 25.3 Å². The van der Waals surface area contributed by atoms with Gasteiger partial charge in [0, 0.05) is 25.0 Å². The zero-order chi connectivity index (χ0) is 13.7. The highest BCUT2D eigenvalue weighted by Crippen LogP contribution is 2.18. The lowest BCUT2D eigenvalue weighted by molar-refractivity contribution is -0.119. The molecule has 4 heteroatoms. The number of benzene rings is 1. The van der Waals surface area contributed by atoms with Gasteiger partial charge in [-0.2, -0.15) is 0 Å². The van der Waals surface area contributed by atoms with E-state index in [1.165, 1.54) is 5.56 Å². The van der Waals surface area contributed by atoms with Crippen LogP contribution >= 0.6 is 0 Å². The minimum Gasteiger partial charge on any atom is -0.496 e. The second-order valence-corrected chi connectivity index (χ2v) is 5.13. The van der Waals surface area contributed by atoms with Crippen LogP contribution in [0, 0.1) is 0 Å². The van der Waals surface area contributed by atoms with E-state index in [0.717, 1.165) is 25.1 Å². The summed E-state index contributed by atoms with van der Waals surface area (Å²) in [4.78, 5) is 11.1. The smallest absolute Gasteiger partial charge is 0.220 e. The Balaban J connectivity index is 1.80. The molecule has 1 aliphatic heterocycles. The Bertz CT molecular complexity index is 434. The van der Waals surface area contributed by atoms with Gasteiger partial charge in [0.2, 0.25) is 5.91 Å². The third kappa shape index (κ3) is 3.96. The van der Waals surface area contributed by atoms with E-state index in [9.17, 15) is 4.79 Å². The minimum absolute atomic E-state index is 0.171. The van der Waals surface area contributed by atoms with Gasteiger partial charge in [-0.15, -0.1) is 0 Å². The van der Waals surface area contributed by atoms with E-state index in [1.807, 2.05) is 18.2 Å². The number of amides is 1. The number of hydrogen-bond donors (Lipinski definition) is 2. The van der Waals surface area contributed by atoms with Gasteiger partial charge in [-0.05, 0) is 31.4 Å². The molecular formula is C15H22N2O2. The highest BCUT2D eigenvalue weighted by Gasteiger charge is 2.20. The number of para-hydroxylation sites is 1. The lowest BCUT2D eigenvalue weighted by Crippen LogP contribution is -2.40. The summed E-state index contributed by atoms with van der Waals surface area (Å²) in [7, 11) is 1.70. The SMILES string of the molecule is COc1ccccc1CC(C)NCC1CCC(=O)N1. The Morgan fingerprint density at radius 2 is 2.26 bits per heavy atom. The average Bonchev–Trinajstić information content (AvgIpc) is 2.83. The lowest BCUT2D eigenvalue weighted by Gasteiger charge is -2.18. The molecular weight excluding hydrogens is 240 g/mol. The molecule has 0 aliphatic carbocycles. The second kappa shape index (κ2) is 6.57. The van der Waals surface area contributed by atoms with Crippen molar-refractivity contribution in [2.45, 2.75) is 38.3 Å². The van der Waals surface area contributed by atoms with Crippen LogP contribution in [-0.2, 0) is 11.2 Å². The average molecular weight is 262 g/mol. The highest BCUT2D eigenvalue weighted by atomic mass is 16.5. The van der Waals surface area contributed by atoms with Gasteiger partial charge < -0.3 is 15.4 Å². The number of hydrogen-bond acceptors (Lipinski definition) is 3. The number of ether oxygens (including phenoxy) is 1. The van der Waals surface area contributed by atoms with E-state index in [4.69, 9.17) is 4.74 Å². The van der Waals surface area contributed by atoms with Gasteiger partial charge in [-0.3, -0.25) is 4.79 Å². The van der Waals surface area contributed by atoms with Crippen LogP contribution < -0.4 is 15.4 Å². The predicted octanol–water partition coefficient (Wildman–Crippen LogP) is 1.49. The fourth-order valence-electron chi connectivity index (χ4n) is 2.45. The Morgan fingerprint density at radius 1 is 1.47 bits per heavy atom. The molecule has 1 amide bonds. The Morgan fingerprint density at radius 3 is 2.95 bits per heavy atom. The van der Waals surface area contributed by atoms with E-state index >= 15 is 0 Å². The molecule has 2 N–H and O–H groups in total. The Hall–Kier alpha value is -1.55. The molecule has 0 radical (unpaired) electrons. The first-order valence-electron chi connectivity index (χ1n) is 6.83. The third-order valence-electron chi connectivity index (χ3n) is 3.52. The molecule has 1 saturated heterocycles. The molecule has 0 spiro atoms. The Kier molecular flexibility index (Phi) is 4.80. The van der Waals surface area contributed by atoms with E-state index in [1.54, 1.807) is 7.11 Å². The zero-order valence-corrected chi connectivity index (χ0v) is 11.6. The molecule has 1 heterocycles. The maximum absolute atomic E-state index is 11.1. The molecule has 0 saturated carbocycles. The van der Waals surface area contributed by atoms with Crippen LogP contribution in [0.5, 0.6) is 5.75 Å². The van der Waals surface area contributed by atoms with Crippen LogP contribution in [0.3, 0.4) is 0 Å². The molecule has 2 rings (SSSR count). The van der Waals surface area contributed by atoms with Crippen molar-refractivity contribution >= 4 is 5.91 Å². The molecule has 4 nitrogen and oxygen atoms in total. The topological polar surface area (TPSA) is 50.4 Å². The molecule has 0 bridgehead atoms. The molecule has 0 aromatic heterocycles. The van der Waals surface area contributed by atoms with E-state index < -0.39 is 0 Å². The van der Waals surface area contributed by atoms with Crippen molar-refractivity contribution in [2.75, 3.05) is 13.7 Å². The summed E-state index contributed by atoms with van der Waals surface area (Å²) < 4.78 is 5.35. The molecule has 19 heavy (non-hydrogen) atoms. The molecule has 1 aromatic carbocycles. The fraction of sp³-hybridized carbons (Fsp3) is 0.533. The van der Waals surface area contributed by atoms with Gasteiger partial charge in [0.1, 0.15) is 5.75 Å². The summed E-state index contributed by atoms with van der Waals surface area (Å²) >= 11 is 0. The van der Waals surface area contributed by atoms with Gasteiger partial charge in [-0.25, -0.2) is 0 Å². The van der Waals surface area contributed by atoms with E-state index in [0.29, 0.717) is 12.5 Å². The summed E-state index contributed by atoms with van der Waals surface area (Å²) in [6.07, 6.45) is 2.52. The normalized spacial score (nSPS) is 20.1.